The van der Waals surface area contributed by atoms with Gasteiger partial charge in [0.05, 0.1) is 5.41 Å². The molecule has 0 aromatic heterocycles. The summed E-state index contributed by atoms with van der Waals surface area (Å²) >= 11 is 0. The van der Waals surface area contributed by atoms with Gasteiger partial charge in [-0.15, -0.1) is 0 Å². The predicted octanol–water partition coefficient (Wildman–Crippen LogP) is 1.26. The van der Waals surface area contributed by atoms with Gasteiger partial charge in [-0.3, -0.25) is 4.79 Å². The van der Waals surface area contributed by atoms with Crippen molar-refractivity contribution < 1.29 is 15.0 Å². The minimum Gasteiger partial charge on any atom is -0.481 e. The number of carboxylic acid groups (broad SMARTS) is 1. The molecule has 0 unspecified atom stereocenters. The van der Waals surface area contributed by atoms with Crippen molar-refractivity contribution in [2.24, 2.45) is 11.3 Å². The van der Waals surface area contributed by atoms with Crippen LogP contribution in [-0.4, -0.2) is 22.8 Å². The third-order valence-corrected chi connectivity index (χ3v) is 2.98. The molecular formula is C9H16O3. The summed E-state index contributed by atoms with van der Waals surface area (Å²) < 4.78 is 0. The molecule has 70 valence electrons. The van der Waals surface area contributed by atoms with E-state index < -0.39 is 11.4 Å². The highest BCUT2D eigenvalue weighted by Crippen LogP contribution is 2.38. The van der Waals surface area contributed by atoms with E-state index in [0.29, 0.717) is 18.8 Å². The molecule has 0 heterocycles. The molecule has 0 bridgehead atoms. The Kier molecular flexibility index (Phi) is 2.73. The molecule has 1 rings (SSSR count). The lowest BCUT2D eigenvalue weighted by atomic mass is 9.72. The molecule has 0 aliphatic heterocycles. The second-order valence-electron chi connectivity index (χ2n) is 3.99. The van der Waals surface area contributed by atoms with E-state index in [4.69, 9.17) is 10.2 Å². The first-order valence-corrected chi connectivity index (χ1v) is 4.43. The van der Waals surface area contributed by atoms with Crippen LogP contribution in [0.3, 0.4) is 0 Å². The summed E-state index contributed by atoms with van der Waals surface area (Å²) in [7, 11) is 0. The number of aliphatic hydroxyl groups is 1. The van der Waals surface area contributed by atoms with Crippen LogP contribution in [0.15, 0.2) is 0 Å². The van der Waals surface area contributed by atoms with Crippen molar-refractivity contribution in [3.63, 3.8) is 0 Å². The van der Waals surface area contributed by atoms with E-state index in [0.717, 1.165) is 12.8 Å². The van der Waals surface area contributed by atoms with Crippen LogP contribution < -0.4 is 0 Å². The van der Waals surface area contributed by atoms with Crippen molar-refractivity contribution in [2.75, 3.05) is 6.61 Å². The minimum absolute atomic E-state index is 0.204. The molecule has 0 aromatic carbocycles. The molecule has 1 aliphatic rings. The Hall–Kier alpha value is -0.570. The van der Waals surface area contributed by atoms with Crippen LogP contribution in [0.25, 0.3) is 0 Å². The van der Waals surface area contributed by atoms with Gasteiger partial charge >= 0.3 is 5.97 Å². The summed E-state index contributed by atoms with van der Waals surface area (Å²) in [6, 6.07) is 0. The van der Waals surface area contributed by atoms with E-state index in [2.05, 4.69) is 0 Å². The van der Waals surface area contributed by atoms with Gasteiger partial charge < -0.3 is 10.2 Å². The van der Waals surface area contributed by atoms with Crippen molar-refractivity contribution in [3.8, 4) is 0 Å². The molecule has 0 radical (unpaired) electrons. The third-order valence-electron chi connectivity index (χ3n) is 2.98. The molecule has 1 saturated carbocycles. The summed E-state index contributed by atoms with van der Waals surface area (Å²) in [5.74, 6) is -0.365. The molecule has 0 saturated heterocycles. The first-order valence-electron chi connectivity index (χ1n) is 4.43. The maximum absolute atomic E-state index is 10.8. The number of hydrogen-bond acceptors (Lipinski definition) is 2. The van der Waals surface area contributed by atoms with Crippen molar-refractivity contribution in [3.05, 3.63) is 0 Å². The number of carboxylic acids is 1. The van der Waals surface area contributed by atoms with Crippen molar-refractivity contribution in [1.82, 2.24) is 0 Å². The summed E-state index contributed by atoms with van der Waals surface area (Å²) in [6.45, 7) is 2.00. The predicted molar refractivity (Wildman–Crippen MR) is 44.8 cm³/mol. The first kappa shape index (κ1) is 9.52. The van der Waals surface area contributed by atoms with Crippen molar-refractivity contribution in [2.45, 2.75) is 32.6 Å². The molecule has 0 aromatic rings. The van der Waals surface area contributed by atoms with Gasteiger partial charge in [0.1, 0.15) is 0 Å². The summed E-state index contributed by atoms with van der Waals surface area (Å²) in [5.41, 5.74) is -0.536. The van der Waals surface area contributed by atoms with E-state index in [1.54, 1.807) is 6.92 Å². The molecular weight excluding hydrogens is 156 g/mol. The van der Waals surface area contributed by atoms with Crippen LogP contribution in [0.5, 0.6) is 0 Å². The van der Waals surface area contributed by atoms with Crippen LogP contribution in [0, 0.1) is 11.3 Å². The highest BCUT2D eigenvalue weighted by Gasteiger charge is 2.37. The van der Waals surface area contributed by atoms with Crippen molar-refractivity contribution >= 4 is 5.97 Å². The Balaban J connectivity index is 2.49. The van der Waals surface area contributed by atoms with Gasteiger partial charge in [0.15, 0.2) is 0 Å². The van der Waals surface area contributed by atoms with Crippen molar-refractivity contribution in [1.29, 1.82) is 0 Å². The second-order valence-corrected chi connectivity index (χ2v) is 3.99. The summed E-state index contributed by atoms with van der Waals surface area (Å²) in [6.07, 6.45) is 3.10. The SMILES string of the molecule is C[C@]1(C(=O)O)CC[C@H](CO)CC1. The lowest BCUT2D eigenvalue weighted by Crippen LogP contribution is -2.33. The zero-order valence-corrected chi connectivity index (χ0v) is 7.42. The van der Waals surface area contributed by atoms with Crippen LogP contribution in [0.1, 0.15) is 32.6 Å². The summed E-state index contributed by atoms with van der Waals surface area (Å²) in [4.78, 5) is 10.8. The fourth-order valence-corrected chi connectivity index (χ4v) is 1.71. The molecule has 2 N–H and O–H groups in total. The first-order chi connectivity index (χ1) is 5.58. The molecule has 12 heavy (non-hydrogen) atoms. The quantitative estimate of drug-likeness (QED) is 0.659. The van der Waals surface area contributed by atoms with E-state index >= 15 is 0 Å². The average Bonchev–Trinajstić information content (AvgIpc) is 2.06. The number of aliphatic hydroxyl groups excluding tert-OH is 1. The maximum Gasteiger partial charge on any atom is 0.309 e. The molecule has 0 spiro atoms. The Morgan fingerprint density at radius 2 is 2.00 bits per heavy atom. The zero-order valence-electron chi connectivity index (χ0n) is 7.42. The Morgan fingerprint density at radius 1 is 1.50 bits per heavy atom. The van der Waals surface area contributed by atoms with Gasteiger partial charge in [0.25, 0.3) is 0 Å². The largest absolute Gasteiger partial charge is 0.481 e. The molecule has 0 atom stereocenters. The normalized spacial score (nSPS) is 36.3. The molecule has 3 nitrogen and oxygen atoms in total. The number of hydrogen-bond donors (Lipinski definition) is 2. The number of carbonyl (C=O) groups is 1. The van der Waals surface area contributed by atoms with Gasteiger partial charge in [-0.05, 0) is 38.5 Å². The minimum atomic E-state index is -0.695. The molecule has 1 fully saturated rings. The highest BCUT2D eigenvalue weighted by molar-refractivity contribution is 5.74. The van der Waals surface area contributed by atoms with Gasteiger partial charge in [0.2, 0.25) is 0 Å². The Morgan fingerprint density at radius 3 is 2.33 bits per heavy atom. The average molecular weight is 172 g/mol. The van der Waals surface area contributed by atoms with Crippen LogP contribution >= 0.6 is 0 Å². The molecule has 0 amide bonds. The highest BCUT2D eigenvalue weighted by atomic mass is 16.4. The van der Waals surface area contributed by atoms with Gasteiger partial charge in [0, 0.05) is 6.61 Å². The molecule has 1 aliphatic carbocycles. The maximum atomic E-state index is 10.8. The fourth-order valence-electron chi connectivity index (χ4n) is 1.71. The zero-order chi connectivity index (χ0) is 9.19. The standard InChI is InChI=1S/C9H16O3/c1-9(8(11)12)4-2-7(6-10)3-5-9/h7,10H,2-6H2,1H3,(H,11,12)/t7-,9-. The van der Waals surface area contributed by atoms with Crippen LogP contribution in [0.2, 0.25) is 0 Å². The fraction of sp³-hybridized carbons (Fsp3) is 0.889. The van der Waals surface area contributed by atoms with Gasteiger partial charge in [-0.25, -0.2) is 0 Å². The monoisotopic (exact) mass is 172 g/mol. The molecule has 3 heteroatoms. The van der Waals surface area contributed by atoms with Crippen LogP contribution in [-0.2, 0) is 4.79 Å². The van der Waals surface area contributed by atoms with E-state index in [9.17, 15) is 4.79 Å². The smallest absolute Gasteiger partial charge is 0.309 e. The van der Waals surface area contributed by atoms with Gasteiger partial charge in [-0.1, -0.05) is 0 Å². The summed E-state index contributed by atoms with van der Waals surface area (Å²) in [5, 5.41) is 17.7. The second kappa shape index (κ2) is 3.44. The van der Waals surface area contributed by atoms with E-state index in [-0.39, 0.29) is 6.61 Å². The lowest BCUT2D eigenvalue weighted by molar-refractivity contribution is -0.150. The number of aliphatic carboxylic acids is 1. The van der Waals surface area contributed by atoms with Gasteiger partial charge in [-0.2, -0.15) is 0 Å². The topological polar surface area (TPSA) is 57.5 Å². The van der Waals surface area contributed by atoms with E-state index in [1.165, 1.54) is 0 Å². The van der Waals surface area contributed by atoms with Crippen LogP contribution in [0.4, 0.5) is 0 Å². The Bertz CT molecular complexity index is 169. The third kappa shape index (κ3) is 1.78. The number of rotatable bonds is 2. The lowest BCUT2D eigenvalue weighted by Gasteiger charge is -2.32. The Labute approximate surface area is 72.4 Å². The van der Waals surface area contributed by atoms with E-state index in [1.807, 2.05) is 0 Å².